The minimum atomic E-state index is -0.698. The molecule has 2 rings (SSSR count). The summed E-state index contributed by atoms with van der Waals surface area (Å²) in [5, 5.41) is 5.57. The second-order valence-electron chi connectivity index (χ2n) is 4.21. The van der Waals surface area contributed by atoms with Crippen LogP contribution < -0.4 is 10.6 Å². The van der Waals surface area contributed by atoms with Crippen molar-refractivity contribution in [2.45, 2.75) is 6.92 Å². The van der Waals surface area contributed by atoms with Gasteiger partial charge in [-0.05, 0) is 30.7 Å². The van der Waals surface area contributed by atoms with Gasteiger partial charge in [-0.3, -0.25) is 4.79 Å². The van der Waals surface area contributed by atoms with Gasteiger partial charge in [-0.25, -0.2) is 9.37 Å². The average molecular weight is 294 g/mol. The monoisotopic (exact) mass is 293 g/mol. The van der Waals surface area contributed by atoms with Crippen LogP contribution in [0.5, 0.6) is 0 Å². The number of aryl methyl sites for hydroxylation is 1. The molecular weight excluding hydrogens is 281 g/mol. The fraction of sp³-hybridized carbons (Fsp3) is 0.143. The zero-order valence-electron chi connectivity index (χ0n) is 11.0. The van der Waals surface area contributed by atoms with Crippen LogP contribution in [-0.2, 0) is 0 Å². The fourth-order valence-corrected chi connectivity index (χ4v) is 1.88. The second-order valence-corrected chi connectivity index (χ2v) is 4.62. The minimum Gasteiger partial charge on any atom is -0.371 e. The Morgan fingerprint density at radius 1 is 1.35 bits per heavy atom. The molecule has 6 heteroatoms. The molecule has 0 aliphatic carbocycles. The van der Waals surface area contributed by atoms with Crippen molar-refractivity contribution in [1.29, 1.82) is 0 Å². The third-order valence-corrected chi connectivity index (χ3v) is 3.07. The normalized spacial score (nSPS) is 10.2. The van der Waals surface area contributed by atoms with Gasteiger partial charge in [-0.15, -0.1) is 0 Å². The molecule has 0 radical (unpaired) electrons. The number of benzene rings is 1. The van der Waals surface area contributed by atoms with Crippen molar-refractivity contribution in [3.8, 4) is 0 Å². The van der Waals surface area contributed by atoms with Gasteiger partial charge in [0, 0.05) is 13.2 Å². The van der Waals surface area contributed by atoms with Crippen molar-refractivity contribution in [3.05, 3.63) is 52.4 Å². The second kappa shape index (κ2) is 5.88. The minimum absolute atomic E-state index is 0.0213. The highest BCUT2D eigenvalue weighted by Crippen LogP contribution is 2.24. The molecule has 0 fully saturated rings. The number of nitrogens with zero attached hydrogens (tertiary/aromatic N) is 1. The van der Waals surface area contributed by atoms with Crippen molar-refractivity contribution >= 4 is 29.0 Å². The van der Waals surface area contributed by atoms with E-state index in [-0.39, 0.29) is 11.4 Å². The number of anilines is 2. The molecule has 20 heavy (non-hydrogen) atoms. The summed E-state index contributed by atoms with van der Waals surface area (Å²) < 4.78 is 14.0. The molecule has 0 spiro atoms. The average Bonchev–Trinajstić information content (AvgIpc) is 2.43. The van der Waals surface area contributed by atoms with Gasteiger partial charge in [-0.1, -0.05) is 17.7 Å². The molecule has 0 bridgehead atoms. The molecule has 104 valence electrons. The van der Waals surface area contributed by atoms with E-state index >= 15 is 0 Å². The number of hydrogen-bond acceptors (Lipinski definition) is 3. The van der Waals surface area contributed by atoms with E-state index in [4.69, 9.17) is 11.6 Å². The van der Waals surface area contributed by atoms with Crippen LogP contribution in [0.1, 0.15) is 15.9 Å². The molecule has 1 amide bonds. The van der Waals surface area contributed by atoms with Gasteiger partial charge in [0.15, 0.2) is 11.6 Å². The Balaban J connectivity index is 2.31. The molecule has 2 aromatic rings. The molecule has 0 saturated carbocycles. The van der Waals surface area contributed by atoms with E-state index in [0.717, 1.165) is 5.56 Å². The van der Waals surface area contributed by atoms with Crippen LogP contribution >= 0.6 is 11.6 Å². The van der Waals surface area contributed by atoms with Crippen molar-refractivity contribution < 1.29 is 9.18 Å². The van der Waals surface area contributed by atoms with E-state index in [2.05, 4.69) is 15.6 Å². The predicted octanol–water partition coefficient (Wildman–Crippen LogP) is 3.48. The molecule has 2 N–H and O–H groups in total. The largest absolute Gasteiger partial charge is 0.371 e. The summed E-state index contributed by atoms with van der Waals surface area (Å²) in [5.74, 6) is -1.25. The molecule has 0 saturated heterocycles. The van der Waals surface area contributed by atoms with Gasteiger partial charge < -0.3 is 10.6 Å². The lowest BCUT2D eigenvalue weighted by Crippen LogP contribution is -2.15. The van der Waals surface area contributed by atoms with Crippen LogP contribution in [0.3, 0.4) is 0 Å². The summed E-state index contributed by atoms with van der Waals surface area (Å²) in [5.41, 5.74) is 1.29. The summed E-state index contributed by atoms with van der Waals surface area (Å²) in [6.45, 7) is 1.87. The molecule has 1 aromatic carbocycles. The molecule has 1 aromatic heterocycles. The van der Waals surface area contributed by atoms with E-state index in [9.17, 15) is 9.18 Å². The first-order chi connectivity index (χ1) is 9.52. The van der Waals surface area contributed by atoms with Crippen molar-refractivity contribution in [2.24, 2.45) is 0 Å². The van der Waals surface area contributed by atoms with E-state index < -0.39 is 11.7 Å². The molecule has 0 unspecified atom stereocenters. The van der Waals surface area contributed by atoms with Crippen LogP contribution in [0.4, 0.5) is 15.9 Å². The molecule has 0 aliphatic rings. The molecule has 4 nitrogen and oxygen atoms in total. The Bertz CT molecular complexity index is 661. The number of carbonyl (C=O) groups excluding carboxylic acids is 1. The predicted molar refractivity (Wildman–Crippen MR) is 77.9 cm³/mol. The lowest BCUT2D eigenvalue weighted by atomic mass is 10.2. The van der Waals surface area contributed by atoms with Crippen LogP contribution in [0.25, 0.3) is 0 Å². The zero-order chi connectivity index (χ0) is 14.7. The smallest absolute Gasteiger partial charge is 0.258 e. The van der Waals surface area contributed by atoms with Crippen molar-refractivity contribution in [2.75, 3.05) is 17.7 Å². The maximum absolute atomic E-state index is 14.0. The first kappa shape index (κ1) is 14.3. The lowest BCUT2D eigenvalue weighted by Gasteiger charge is -2.10. The number of rotatable bonds is 3. The molecule has 0 aliphatic heterocycles. The number of pyridine rings is 1. The number of hydrogen-bond donors (Lipinski definition) is 2. The maximum atomic E-state index is 14.0. The van der Waals surface area contributed by atoms with Crippen molar-refractivity contribution in [3.63, 3.8) is 0 Å². The van der Waals surface area contributed by atoms with Crippen LogP contribution in [0.2, 0.25) is 5.02 Å². The van der Waals surface area contributed by atoms with Gasteiger partial charge in [0.2, 0.25) is 0 Å². The Labute approximate surface area is 121 Å². The number of carbonyl (C=O) groups is 1. The van der Waals surface area contributed by atoms with Gasteiger partial charge in [-0.2, -0.15) is 0 Å². The molecule has 0 atom stereocenters. The number of halogens is 2. The van der Waals surface area contributed by atoms with Crippen LogP contribution in [0.15, 0.2) is 30.5 Å². The van der Waals surface area contributed by atoms with Gasteiger partial charge in [0.1, 0.15) is 0 Å². The van der Waals surface area contributed by atoms with E-state index in [1.54, 1.807) is 12.1 Å². The standard InChI is InChI=1S/C14H13ClFN3O/c1-8-3-4-10(15)11(7-8)19-14(20)9-5-6-18-13(17-2)12(9)16/h3-7H,1-2H3,(H,17,18)(H,19,20). The Hall–Kier alpha value is -2.14. The summed E-state index contributed by atoms with van der Waals surface area (Å²) in [6.07, 6.45) is 1.36. The summed E-state index contributed by atoms with van der Waals surface area (Å²) in [6, 6.07) is 6.53. The lowest BCUT2D eigenvalue weighted by molar-refractivity contribution is 0.102. The highest BCUT2D eigenvalue weighted by molar-refractivity contribution is 6.34. The van der Waals surface area contributed by atoms with Gasteiger partial charge in [0.05, 0.1) is 16.3 Å². The third-order valence-electron chi connectivity index (χ3n) is 2.74. The van der Waals surface area contributed by atoms with Gasteiger partial charge in [0.25, 0.3) is 5.91 Å². The summed E-state index contributed by atoms with van der Waals surface area (Å²) in [7, 11) is 1.53. The van der Waals surface area contributed by atoms with E-state index in [1.165, 1.54) is 19.3 Å². The van der Waals surface area contributed by atoms with Crippen LogP contribution in [0, 0.1) is 12.7 Å². The molecular formula is C14H13ClFN3O. The maximum Gasteiger partial charge on any atom is 0.258 e. The Kier molecular flexibility index (Phi) is 4.20. The van der Waals surface area contributed by atoms with Crippen molar-refractivity contribution in [1.82, 2.24) is 4.98 Å². The third kappa shape index (κ3) is 2.88. The SMILES string of the molecule is CNc1nccc(C(=O)Nc2cc(C)ccc2Cl)c1F. The summed E-state index contributed by atoms with van der Waals surface area (Å²) >= 11 is 5.99. The van der Waals surface area contributed by atoms with E-state index in [1.807, 2.05) is 13.0 Å². The number of aromatic nitrogens is 1. The van der Waals surface area contributed by atoms with E-state index in [0.29, 0.717) is 10.7 Å². The quantitative estimate of drug-likeness (QED) is 0.911. The summed E-state index contributed by atoms with van der Waals surface area (Å²) in [4.78, 5) is 15.9. The highest BCUT2D eigenvalue weighted by atomic mass is 35.5. The fourth-order valence-electron chi connectivity index (χ4n) is 1.72. The topological polar surface area (TPSA) is 54.0 Å². The first-order valence-electron chi connectivity index (χ1n) is 5.92. The highest BCUT2D eigenvalue weighted by Gasteiger charge is 2.16. The number of amides is 1. The zero-order valence-corrected chi connectivity index (χ0v) is 11.8. The Morgan fingerprint density at radius 3 is 2.80 bits per heavy atom. The molecule has 1 heterocycles. The number of nitrogens with one attached hydrogen (secondary N) is 2. The van der Waals surface area contributed by atoms with Gasteiger partial charge >= 0.3 is 0 Å². The Morgan fingerprint density at radius 2 is 2.10 bits per heavy atom. The van der Waals surface area contributed by atoms with Crippen LogP contribution in [-0.4, -0.2) is 17.9 Å². The first-order valence-corrected chi connectivity index (χ1v) is 6.30.